The fraction of sp³-hybridized carbons (Fsp3) is 0.474. The summed E-state index contributed by atoms with van der Waals surface area (Å²) in [5, 5.41) is 8.20. The molecule has 0 aliphatic carbocycles. The number of aromatic nitrogens is 5. The summed E-state index contributed by atoms with van der Waals surface area (Å²) in [7, 11) is 0. The van der Waals surface area contributed by atoms with Gasteiger partial charge in [0, 0.05) is 19.2 Å². The standard InChI is InChI=1S/C19H27N7O/c1-4-5-6-15-23-16-17(19(27-12(2)3)25-24-18(16)21)26(15)11-14-8-7-13(9-20)10-22-14/h7-8,10,12H,4-6,9,11,20H2,1-3H3,(H2,21,24). The van der Waals surface area contributed by atoms with Crippen LogP contribution in [-0.4, -0.2) is 30.8 Å². The summed E-state index contributed by atoms with van der Waals surface area (Å²) in [6.45, 7) is 7.09. The number of hydrogen-bond acceptors (Lipinski definition) is 7. The second-order valence-corrected chi connectivity index (χ2v) is 6.83. The molecule has 3 rings (SSSR count). The van der Waals surface area contributed by atoms with Gasteiger partial charge >= 0.3 is 0 Å². The van der Waals surface area contributed by atoms with Crippen LogP contribution >= 0.6 is 0 Å². The maximum atomic E-state index is 6.06. The number of ether oxygens (including phenoxy) is 1. The fourth-order valence-electron chi connectivity index (χ4n) is 2.92. The van der Waals surface area contributed by atoms with E-state index >= 15 is 0 Å². The number of anilines is 1. The molecule has 0 radical (unpaired) electrons. The van der Waals surface area contributed by atoms with Crippen molar-refractivity contribution in [3.8, 4) is 5.88 Å². The van der Waals surface area contributed by atoms with Gasteiger partial charge in [0.05, 0.1) is 18.3 Å². The van der Waals surface area contributed by atoms with Gasteiger partial charge < -0.3 is 20.8 Å². The normalized spacial score (nSPS) is 11.4. The van der Waals surface area contributed by atoms with E-state index in [0.717, 1.165) is 41.9 Å². The van der Waals surface area contributed by atoms with Crippen molar-refractivity contribution < 1.29 is 4.74 Å². The summed E-state index contributed by atoms with van der Waals surface area (Å²) in [4.78, 5) is 9.28. The van der Waals surface area contributed by atoms with Crippen molar-refractivity contribution in [3.63, 3.8) is 0 Å². The fourth-order valence-corrected chi connectivity index (χ4v) is 2.92. The first-order valence-corrected chi connectivity index (χ1v) is 9.35. The highest BCUT2D eigenvalue weighted by Crippen LogP contribution is 2.29. The molecular weight excluding hydrogens is 342 g/mol. The lowest BCUT2D eigenvalue weighted by Crippen LogP contribution is -2.12. The molecule has 3 heterocycles. The van der Waals surface area contributed by atoms with Gasteiger partial charge in [0.1, 0.15) is 16.9 Å². The van der Waals surface area contributed by atoms with Gasteiger partial charge in [-0.25, -0.2) is 4.98 Å². The van der Waals surface area contributed by atoms with Gasteiger partial charge in [-0.1, -0.05) is 19.4 Å². The zero-order chi connectivity index (χ0) is 19.4. The van der Waals surface area contributed by atoms with Gasteiger partial charge in [-0.2, -0.15) is 0 Å². The predicted octanol–water partition coefficient (Wildman–Crippen LogP) is 2.44. The van der Waals surface area contributed by atoms with Crippen molar-refractivity contribution in [1.82, 2.24) is 24.7 Å². The molecule has 0 amide bonds. The summed E-state index contributed by atoms with van der Waals surface area (Å²) >= 11 is 0. The van der Waals surface area contributed by atoms with Crippen LogP contribution in [0.4, 0.5) is 5.82 Å². The van der Waals surface area contributed by atoms with E-state index in [9.17, 15) is 0 Å². The highest BCUT2D eigenvalue weighted by atomic mass is 16.5. The average Bonchev–Trinajstić information content (AvgIpc) is 3.02. The van der Waals surface area contributed by atoms with Crippen LogP contribution in [0.15, 0.2) is 18.3 Å². The Labute approximate surface area is 159 Å². The number of pyridine rings is 1. The van der Waals surface area contributed by atoms with E-state index in [-0.39, 0.29) is 6.10 Å². The zero-order valence-corrected chi connectivity index (χ0v) is 16.1. The van der Waals surface area contributed by atoms with Gasteiger partial charge in [-0.15, -0.1) is 10.2 Å². The molecule has 27 heavy (non-hydrogen) atoms. The number of nitrogens with zero attached hydrogens (tertiary/aromatic N) is 5. The second-order valence-electron chi connectivity index (χ2n) is 6.83. The second kappa shape index (κ2) is 8.30. The SMILES string of the molecule is CCCCc1nc2c(N)nnc(OC(C)C)c2n1Cc1ccc(CN)cn1. The van der Waals surface area contributed by atoms with Gasteiger partial charge in [0.15, 0.2) is 5.82 Å². The third-order valence-corrected chi connectivity index (χ3v) is 4.28. The number of unbranched alkanes of at least 4 members (excludes halogenated alkanes) is 1. The van der Waals surface area contributed by atoms with E-state index in [1.165, 1.54) is 0 Å². The quantitative estimate of drug-likeness (QED) is 0.626. The van der Waals surface area contributed by atoms with Gasteiger partial charge in [-0.05, 0) is 31.9 Å². The van der Waals surface area contributed by atoms with Crippen LogP contribution in [0.2, 0.25) is 0 Å². The third-order valence-electron chi connectivity index (χ3n) is 4.28. The van der Waals surface area contributed by atoms with E-state index in [0.29, 0.717) is 30.3 Å². The predicted molar refractivity (Wildman–Crippen MR) is 105 cm³/mol. The molecule has 0 saturated carbocycles. The Morgan fingerprint density at radius 2 is 2.04 bits per heavy atom. The molecule has 0 aliphatic rings. The Kier molecular flexibility index (Phi) is 5.85. The van der Waals surface area contributed by atoms with Crippen LogP contribution in [0.5, 0.6) is 5.88 Å². The smallest absolute Gasteiger partial charge is 0.260 e. The van der Waals surface area contributed by atoms with Crippen molar-refractivity contribution >= 4 is 16.9 Å². The Bertz CT molecular complexity index is 903. The molecule has 8 nitrogen and oxygen atoms in total. The molecule has 0 unspecified atom stereocenters. The van der Waals surface area contributed by atoms with Crippen LogP contribution in [0.1, 0.15) is 50.7 Å². The van der Waals surface area contributed by atoms with E-state index in [4.69, 9.17) is 21.2 Å². The van der Waals surface area contributed by atoms with Crippen molar-refractivity contribution in [2.45, 2.75) is 59.2 Å². The van der Waals surface area contributed by atoms with Crippen LogP contribution in [0.3, 0.4) is 0 Å². The zero-order valence-electron chi connectivity index (χ0n) is 16.1. The van der Waals surface area contributed by atoms with Crippen molar-refractivity contribution in [2.75, 3.05) is 5.73 Å². The molecule has 0 atom stereocenters. The van der Waals surface area contributed by atoms with E-state index in [1.54, 1.807) is 6.20 Å². The van der Waals surface area contributed by atoms with E-state index in [2.05, 4.69) is 26.7 Å². The van der Waals surface area contributed by atoms with Crippen LogP contribution in [0, 0.1) is 0 Å². The molecule has 4 N–H and O–H groups in total. The van der Waals surface area contributed by atoms with E-state index in [1.807, 2.05) is 26.0 Å². The molecule has 0 spiro atoms. The molecule has 3 aromatic heterocycles. The molecule has 3 aromatic rings. The van der Waals surface area contributed by atoms with Crippen molar-refractivity contribution in [3.05, 3.63) is 35.4 Å². The lowest BCUT2D eigenvalue weighted by molar-refractivity contribution is 0.232. The summed E-state index contributed by atoms with van der Waals surface area (Å²) < 4.78 is 7.98. The largest absolute Gasteiger partial charge is 0.472 e. The first-order valence-electron chi connectivity index (χ1n) is 9.35. The highest BCUT2D eigenvalue weighted by Gasteiger charge is 2.20. The van der Waals surface area contributed by atoms with Crippen molar-refractivity contribution in [1.29, 1.82) is 0 Å². The maximum Gasteiger partial charge on any atom is 0.260 e. The molecule has 0 bridgehead atoms. The first-order chi connectivity index (χ1) is 13.0. The molecule has 0 aromatic carbocycles. The molecule has 0 fully saturated rings. The van der Waals surface area contributed by atoms with Crippen molar-refractivity contribution in [2.24, 2.45) is 5.73 Å². The minimum absolute atomic E-state index is 0.0319. The summed E-state index contributed by atoms with van der Waals surface area (Å²) in [5.74, 6) is 1.69. The Morgan fingerprint density at radius 3 is 2.67 bits per heavy atom. The maximum absolute atomic E-state index is 6.06. The third kappa shape index (κ3) is 4.16. The lowest BCUT2D eigenvalue weighted by atomic mass is 10.2. The highest BCUT2D eigenvalue weighted by molar-refractivity contribution is 5.88. The number of fused-ring (bicyclic) bond motifs is 1. The Morgan fingerprint density at radius 1 is 1.22 bits per heavy atom. The van der Waals surface area contributed by atoms with Crippen LogP contribution in [0.25, 0.3) is 11.0 Å². The Balaban J connectivity index is 2.11. The van der Waals surface area contributed by atoms with Gasteiger partial charge in [0.2, 0.25) is 0 Å². The minimum Gasteiger partial charge on any atom is -0.472 e. The summed E-state index contributed by atoms with van der Waals surface area (Å²) in [5.41, 5.74) is 15.0. The molecule has 144 valence electrons. The number of hydrogen-bond donors (Lipinski definition) is 2. The number of nitrogens with two attached hydrogens (primary N) is 2. The molecular formula is C19H27N7O. The summed E-state index contributed by atoms with van der Waals surface area (Å²) in [6, 6.07) is 3.98. The number of aryl methyl sites for hydroxylation is 1. The Hall–Kier alpha value is -2.74. The average molecular weight is 369 g/mol. The molecule has 0 aliphatic heterocycles. The molecule has 0 saturated heterocycles. The minimum atomic E-state index is -0.0319. The monoisotopic (exact) mass is 369 g/mol. The van der Waals surface area contributed by atoms with E-state index < -0.39 is 0 Å². The summed E-state index contributed by atoms with van der Waals surface area (Å²) in [6.07, 6.45) is 4.72. The van der Waals surface area contributed by atoms with Gasteiger partial charge in [-0.3, -0.25) is 4.98 Å². The van der Waals surface area contributed by atoms with Gasteiger partial charge in [0.25, 0.3) is 5.88 Å². The topological polar surface area (TPSA) is 118 Å². The van der Waals surface area contributed by atoms with Crippen LogP contribution in [-0.2, 0) is 19.5 Å². The number of nitrogen functional groups attached to an aromatic ring is 1. The number of imidazole rings is 1. The lowest BCUT2D eigenvalue weighted by Gasteiger charge is -2.13. The molecule has 8 heteroatoms. The first kappa shape index (κ1) is 19.0. The number of rotatable bonds is 8. The van der Waals surface area contributed by atoms with Crippen LogP contribution < -0.4 is 16.2 Å².